The summed E-state index contributed by atoms with van der Waals surface area (Å²) in [5.41, 5.74) is -1.10. The van der Waals surface area contributed by atoms with Gasteiger partial charge in [-0.05, 0) is 92.6 Å². The number of fused-ring (bicyclic) bond motifs is 2. The molecule has 0 amide bonds. The Morgan fingerprint density at radius 2 is 1.68 bits per heavy atom. The molecule has 4 fully saturated rings. The van der Waals surface area contributed by atoms with Crippen LogP contribution in [0.15, 0.2) is 48.7 Å². The summed E-state index contributed by atoms with van der Waals surface area (Å²) in [4.78, 5) is 36.3. The summed E-state index contributed by atoms with van der Waals surface area (Å²) in [5, 5.41) is 24.1. The third-order valence-electron chi connectivity index (χ3n) is 15.1. The van der Waals surface area contributed by atoms with Crippen molar-refractivity contribution in [1.29, 1.82) is 0 Å². The Balaban J connectivity index is 1.49. The Kier molecular flexibility index (Phi) is 16.7. The van der Waals surface area contributed by atoms with E-state index in [-0.39, 0.29) is 44.0 Å². The van der Waals surface area contributed by atoms with Crippen LogP contribution in [0, 0.1) is 41.4 Å². The lowest BCUT2D eigenvalue weighted by Crippen LogP contribution is -2.61. The van der Waals surface area contributed by atoms with Gasteiger partial charge in [0.25, 0.3) is 0 Å². The van der Waals surface area contributed by atoms with Gasteiger partial charge in [-0.25, -0.2) is 0 Å². The predicted molar refractivity (Wildman–Crippen MR) is 249 cm³/mol. The first-order chi connectivity index (χ1) is 31.1. The van der Waals surface area contributed by atoms with Gasteiger partial charge in [0, 0.05) is 60.4 Å². The molecule has 0 saturated carbocycles. The van der Waals surface area contributed by atoms with Crippen LogP contribution < -0.4 is 0 Å². The molecule has 1 aromatic carbocycles. The quantitative estimate of drug-likeness (QED) is 0.165. The molecular formula is C52H76N2O12. The number of ether oxygens (including phenoxy) is 8. The summed E-state index contributed by atoms with van der Waals surface area (Å²) in [6.07, 6.45) is -4.82. The van der Waals surface area contributed by atoms with Gasteiger partial charge in [0.1, 0.15) is 36.3 Å². The number of aliphatic hydroxyl groups excluding tert-OH is 2. The Morgan fingerprint density at radius 1 is 0.970 bits per heavy atom. The molecule has 18 atom stereocenters. The molecule has 0 aliphatic carbocycles. The van der Waals surface area contributed by atoms with Crippen LogP contribution >= 0.6 is 0 Å². The molecule has 0 bridgehead atoms. The number of methoxy groups -OCH3 is 1. The van der Waals surface area contributed by atoms with Crippen molar-refractivity contribution < 1.29 is 57.7 Å². The van der Waals surface area contributed by atoms with Gasteiger partial charge in [-0.1, -0.05) is 64.3 Å². The predicted octanol–water partition coefficient (Wildman–Crippen LogP) is 6.26. The molecule has 0 radical (unpaired) electrons. The number of rotatable bonds is 9. The van der Waals surface area contributed by atoms with Crippen molar-refractivity contribution in [3.63, 3.8) is 0 Å². The second-order valence-electron chi connectivity index (χ2n) is 20.4. The van der Waals surface area contributed by atoms with E-state index < -0.39 is 102 Å². The van der Waals surface area contributed by atoms with Gasteiger partial charge >= 0.3 is 5.97 Å². The number of nitrogens with zero attached hydrogens (tertiary/aromatic N) is 2. The molecule has 2 aromatic rings. The maximum absolute atomic E-state index is 15.0. The second-order valence-corrected chi connectivity index (χ2v) is 20.4. The molecule has 66 heavy (non-hydrogen) atoms. The van der Waals surface area contributed by atoms with Crippen molar-refractivity contribution in [3.8, 4) is 11.8 Å². The number of hydrogen-bond acceptors (Lipinski definition) is 14. The molecule has 2 N–H and O–H groups in total. The molecule has 6 rings (SSSR count). The van der Waals surface area contributed by atoms with Crippen LogP contribution in [0.1, 0.15) is 100 Å². The minimum absolute atomic E-state index is 0.0379. The van der Waals surface area contributed by atoms with E-state index in [9.17, 15) is 19.8 Å². The van der Waals surface area contributed by atoms with Gasteiger partial charge in [0.15, 0.2) is 12.6 Å². The van der Waals surface area contributed by atoms with Gasteiger partial charge in [-0.15, -0.1) is 0 Å². The van der Waals surface area contributed by atoms with Gasteiger partial charge in [0.05, 0.1) is 53.7 Å². The number of esters is 1. The third kappa shape index (κ3) is 10.8. The number of cyclic esters (lactones) is 1. The number of para-hydroxylation sites is 1. The highest BCUT2D eigenvalue weighted by Gasteiger charge is 2.57. The smallest absolute Gasteiger partial charge is 0.311 e. The average molecular weight is 921 g/mol. The number of pyridine rings is 1. The molecule has 4 aliphatic rings. The Bertz CT molecular complexity index is 2090. The maximum Gasteiger partial charge on any atom is 0.311 e. The van der Waals surface area contributed by atoms with Gasteiger partial charge in [-0.2, -0.15) is 0 Å². The van der Waals surface area contributed by atoms with E-state index in [1.54, 1.807) is 27.0 Å². The number of aliphatic hydroxyl groups is 2. The van der Waals surface area contributed by atoms with Crippen LogP contribution in [0.4, 0.5) is 0 Å². The molecule has 4 aliphatic heterocycles. The van der Waals surface area contributed by atoms with Gasteiger partial charge in [-0.3, -0.25) is 14.6 Å². The van der Waals surface area contributed by atoms with Crippen LogP contribution in [-0.2, 0) is 47.5 Å². The number of likely N-dealkylation sites (N-methyl/N-ethyl adjacent to an activating group) is 1. The third-order valence-corrected chi connectivity index (χ3v) is 15.1. The molecule has 366 valence electrons. The number of carbonyl (C=O) groups is 2. The zero-order chi connectivity index (χ0) is 48.5. The topological polar surface area (TPSA) is 165 Å². The van der Waals surface area contributed by atoms with E-state index in [4.69, 9.17) is 37.9 Å². The first-order valence-electron chi connectivity index (χ1n) is 23.8. The van der Waals surface area contributed by atoms with E-state index in [2.05, 4.69) is 23.4 Å². The fraction of sp³-hybridized carbons (Fsp3) is 0.712. The van der Waals surface area contributed by atoms with Crippen molar-refractivity contribution in [3.05, 3.63) is 54.2 Å². The summed E-state index contributed by atoms with van der Waals surface area (Å²) < 4.78 is 52.7. The number of ketones is 1. The second kappa shape index (κ2) is 21.1. The summed E-state index contributed by atoms with van der Waals surface area (Å²) in [6.45, 7) is 23.2. The summed E-state index contributed by atoms with van der Waals surface area (Å²) in [6, 6.07) is 9.48. The molecule has 14 nitrogen and oxygen atoms in total. The highest BCUT2D eigenvalue weighted by Crippen LogP contribution is 2.47. The SMILES string of the molecule is C=C1CO[C@]2(C)[C@@H](CC)OC(=O)[C@H](C)[C@@H](OC3C[C@@](C)(OC)[C@@H](O)[C@H](C)O3)[C@H](C)[C@@H](O[C@@H]3O[C@H](C)C[C@H](N(C)C)[C@H]3O)[C@](C)(OCC#Cc3cnc4ccccc4c3)C[C@@H](C)C(=O)C(C)[C@H]12. The summed E-state index contributed by atoms with van der Waals surface area (Å²) in [5.74, 6) is 2.51. The van der Waals surface area contributed by atoms with Gasteiger partial charge in [0.2, 0.25) is 0 Å². The van der Waals surface area contributed by atoms with Gasteiger partial charge < -0.3 is 53.0 Å². The highest BCUT2D eigenvalue weighted by molar-refractivity contribution is 5.84. The lowest BCUT2D eigenvalue weighted by molar-refractivity contribution is -0.320. The Morgan fingerprint density at radius 3 is 2.36 bits per heavy atom. The van der Waals surface area contributed by atoms with Crippen LogP contribution in [0.5, 0.6) is 0 Å². The van der Waals surface area contributed by atoms with E-state index in [1.807, 2.05) is 97.8 Å². The van der Waals surface area contributed by atoms with E-state index in [1.165, 1.54) is 7.11 Å². The zero-order valence-electron chi connectivity index (χ0n) is 41.4. The molecule has 5 heterocycles. The Labute approximate surface area is 392 Å². The number of benzene rings is 1. The van der Waals surface area contributed by atoms with E-state index in [0.717, 1.165) is 16.5 Å². The standard InChI is InChI=1S/C52H76N2O12/c1-15-40-52(11)42(30(3)28-61-52)32(5)43(55)29(2)25-51(10,60-22-18-19-36-24-37-20-16-17-21-38(37)53-27-36)47(66-49-44(56)39(54(12)13)23-31(4)62-49)33(6)45(34(7)48(58)64-40)65-41-26-50(9,59-14)46(57)35(8)63-41/h16-17,20-21,24,27,29,31-35,39-42,44-47,49,56-57H,3,15,22-23,25-26,28H2,1-2,4-14H3/t29-,31-,32?,33+,34-,35+,39+,40-,41?,42+,44-,45+,46+,47-,49+,50-,51-,52-/m1/s1. The van der Waals surface area contributed by atoms with Crippen LogP contribution in [0.2, 0.25) is 0 Å². The monoisotopic (exact) mass is 921 g/mol. The number of Topliss-reactive ketones (excluding diaryl/α,β-unsaturated/α-hetero) is 1. The Hall–Kier alpha value is -3.33. The number of carbonyl (C=O) groups excluding carboxylic acids is 2. The van der Waals surface area contributed by atoms with E-state index >= 15 is 0 Å². The molecule has 2 unspecified atom stereocenters. The number of aromatic nitrogens is 1. The maximum atomic E-state index is 15.0. The number of hydrogen-bond donors (Lipinski definition) is 2. The van der Waals surface area contributed by atoms with Crippen molar-refractivity contribution in [2.45, 2.75) is 173 Å². The van der Waals surface area contributed by atoms with Crippen molar-refractivity contribution >= 4 is 22.7 Å². The molecule has 4 saturated heterocycles. The minimum Gasteiger partial charge on any atom is -0.459 e. The highest BCUT2D eigenvalue weighted by atomic mass is 16.7. The minimum atomic E-state index is -1.34. The lowest BCUT2D eigenvalue weighted by Gasteiger charge is -2.50. The first kappa shape index (κ1) is 52.0. The van der Waals surface area contributed by atoms with Crippen LogP contribution in [0.25, 0.3) is 10.9 Å². The molecular weight excluding hydrogens is 845 g/mol. The summed E-state index contributed by atoms with van der Waals surface area (Å²) in [7, 11) is 5.35. The zero-order valence-corrected chi connectivity index (χ0v) is 41.4. The summed E-state index contributed by atoms with van der Waals surface area (Å²) >= 11 is 0. The lowest BCUT2D eigenvalue weighted by atomic mass is 9.69. The largest absolute Gasteiger partial charge is 0.459 e. The van der Waals surface area contributed by atoms with Crippen molar-refractivity contribution in [1.82, 2.24) is 9.88 Å². The first-order valence-corrected chi connectivity index (χ1v) is 23.8. The van der Waals surface area contributed by atoms with Crippen LogP contribution in [-0.4, -0.2) is 144 Å². The van der Waals surface area contributed by atoms with E-state index in [0.29, 0.717) is 18.4 Å². The van der Waals surface area contributed by atoms with Crippen LogP contribution in [0.3, 0.4) is 0 Å². The average Bonchev–Trinajstić information content (AvgIpc) is 3.59. The fourth-order valence-corrected chi connectivity index (χ4v) is 11.3. The normalized spacial score (nSPS) is 41.8. The molecule has 1 aromatic heterocycles. The molecule has 0 spiro atoms. The van der Waals surface area contributed by atoms with Crippen molar-refractivity contribution in [2.24, 2.45) is 29.6 Å². The molecule has 14 heteroatoms. The van der Waals surface area contributed by atoms with Crippen molar-refractivity contribution in [2.75, 3.05) is 34.4 Å². The fourth-order valence-electron chi connectivity index (χ4n) is 11.3.